The van der Waals surface area contributed by atoms with Gasteiger partial charge in [0.1, 0.15) is 0 Å². The summed E-state index contributed by atoms with van der Waals surface area (Å²) in [4.78, 5) is 8.58. The van der Waals surface area contributed by atoms with E-state index in [2.05, 4.69) is 14.7 Å². The third-order valence-electron chi connectivity index (χ3n) is 3.89. The molecule has 1 aliphatic heterocycles. The van der Waals surface area contributed by atoms with Gasteiger partial charge in [-0.15, -0.1) is 0 Å². The topological polar surface area (TPSA) is 81.2 Å². The number of rotatable bonds is 5. The Morgan fingerprint density at radius 3 is 2.67 bits per heavy atom. The molecule has 1 aromatic carbocycles. The lowest BCUT2D eigenvalue weighted by Crippen LogP contribution is -2.30. The molecule has 24 heavy (non-hydrogen) atoms. The van der Waals surface area contributed by atoms with E-state index >= 15 is 0 Å². The molecule has 2 heterocycles. The largest absolute Gasteiger partial charge is 0.377 e. The second-order valence-corrected chi connectivity index (χ2v) is 7.74. The molecule has 6 nitrogen and oxygen atoms in total. The van der Waals surface area contributed by atoms with Crippen LogP contribution in [0.25, 0.3) is 11.4 Å². The molecule has 2 aromatic rings. The van der Waals surface area contributed by atoms with Crippen LogP contribution in [0.4, 0.5) is 5.69 Å². The Morgan fingerprint density at radius 1 is 1.21 bits per heavy atom. The molecular formula is C17H21N3O3S. The number of nitrogens with one attached hydrogen (secondary N) is 1. The number of hydrogen-bond donors (Lipinski definition) is 1. The highest BCUT2D eigenvalue weighted by atomic mass is 32.2. The minimum Gasteiger partial charge on any atom is -0.377 e. The SMILES string of the molecule is Cc1ccnc(-c2ccc(NS(=O)(=O)CC3CCCCO3)cc2)n1. The Kier molecular flexibility index (Phi) is 5.11. The lowest BCUT2D eigenvalue weighted by atomic mass is 10.1. The highest BCUT2D eigenvalue weighted by Gasteiger charge is 2.22. The van der Waals surface area contributed by atoms with Gasteiger partial charge in [-0.1, -0.05) is 0 Å². The highest BCUT2D eigenvalue weighted by molar-refractivity contribution is 7.92. The smallest absolute Gasteiger partial charge is 0.235 e. The summed E-state index contributed by atoms with van der Waals surface area (Å²) in [5.74, 6) is 0.621. The van der Waals surface area contributed by atoms with Crippen LogP contribution >= 0.6 is 0 Å². The molecule has 0 amide bonds. The first kappa shape index (κ1) is 16.9. The Balaban J connectivity index is 1.67. The second kappa shape index (κ2) is 7.27. The zero-order valence-electron chi connectivity index (χ0n) is 13.6. The van der Waals surface area contributed by atoms with Crippen molar-refractivity contribution in [3.8, 4) is 11.4 Å². The number of sulfonamides is 1. The first-order valence-corrected chi connectivity index (χ1v) is 9.69. The fraction of sp³-hybridized carbons (Fsp3) is 0.412. The average molecular weight is 347 g/mol. The maximum atomic E-state index is 12.3. The third-order valence-corrected chi connectivity index (χ3v) is 5.25. The van der Waals surface area contributed by atoms with E-state index in [1.54, 1.807) is 18.3 Å². The molecule has 0 radical (unpaired) electrons. The van der Waals surface area contributed by atoms with Crippen LogP contribution in [0.15, 0.2) is 36.5 Å². The Labute approximate surface area is 142 Å². The van der Waals surface area contributed by atoms with Gasteiger partial charge in [0.2, 0.25) is 10.0 Å². The van der Waals surface area contributed by atoms with Crippen LogP contribution in [0.3, 0.4) is 0 Å². The van der Waals surface area contributed by atoms with Crippen LogP contribution in [0.1, 0.15) is 25.0 Å². The summed E-state index contributed by atoms with van der Waals surface area (Å²) in [7, 11) is -3.42. The van der Waals surface area contributed by atoms with Crippen LogP contribution < -0.4 is 4.72 Å². The van der Waals surface area contributed by atoms with Crippen LogP contribution in [0.5, 0.6) is 0 Å². The van der Waals surface area contributed by atoms with Crippen molar-refractivity contribution >= 4 is 15.7 Å². The van der Waals surface area contributed by atoms with Gasteiger partial charge in [-0.2, -0.15) is 0 Å². The number of aromatic nitrogens is 2. The lowest BCUT2D eigenvalue weighted by molar-refractivity contribution is 0.0306. The van der Waals surface area contributed by atoms with Crippen LogP contribution in [0.2, 0.25) is 0 Å². The van der Waals surface area contributed by atoms with E-state index in [0.29, 0.717) is 18.1 Å². The molecule has 0 bridgehead atoms. The molecule has 1 saturated heterocycles. The molecular weight excluding hydrogens is 326 g/mol. The minimum atomic E-state index is -3.42. The maximum Gasteiger partial charge on any atom is 0.235 e. The van der Waals surface area contributed by atoms with Gasteiger partial charge in [0.05, 0.1) is 11.9 Å². The number of benzene rings is 1. The van der Waals surface area contributed by atoms with Crippen LogP contribution in [-0.2, 0) is 14.8 Å². The molecule has 0 aliphatic carbocycles. The van der Waals surface area contributed by atoms with E-state index in [9.17, 15) is 8.42 Å². The normalized spacial score (nSPS) is 18.3. The van der Waals surface area contributed by atoms with Gasteiger partial charge >= 0.3 is 0 Å². The van der Waals surface area contributed by atoms with Gasteiger partial charge in [-0.05, 0) is 56.5 Å². The number of anilines is 1. The monoisotopic (exact) mass is 347 g/mol. The van der Waals surface area contributed by atoms with E-state index in [0.717, 1.165) is 30.5 Å². The molecule has 0 spiro atoms. The third kappa shape index (κ3) is 4.52. The van der Waals surface area contributed by atoms with Crippen molar-refractivity contribution in [1.29, 1.82) is 0 Å². The Hall–Kier alpha value is -1.99. The fourth-order valence-corrected chi connectivity index (χ4v) is 4.01. The van der Waals surface area contributed by atoms with Gasteiger partial charge < -0.3 is 4.74 Å². The van der Waals surface area contributed by atoms with E-state index < -0.39 is 10.0 Å². The molecule has 7 heteroatoms. The molecule has 1 aromatic heterocycles. The molecule has 1 fully saturated rings. The quantitative estimate of drug-likeness (QED) is 0.899. The lowest BCUT2D eigenvalue weighted by Gasteiger charge is -2.22. The Bertz CT molecular complexity index is 785. The molecule has 1 N–H and O–H groups in total. The number of hydrogen-bond acceptors (Lipinski definition) is 5. The number of nitrogens with zero attached hydrogens (tertiary/aromatic N) is 2. The predicted molar refractivity (Wildman–Crippen MR) is 93.2 cm³/mol. The van der Waals surface area contributed by atoms with Gasteiger partial charge in [0.15, 0.2) is 5.82 Å². The standard InChI is InChI=1S/C17H21N3O3S/c1-13-9-10-18-17(19-13)14-5-7-15(8-6-14)20-24(21,22)12-16-4-2-3-11-23-16/h5-10,16,20H,2-4,11-12H2,1H3. The first-order valence-electron chi connectivity index (χ1n) is 8.04. The van der Waals surface area contributed by atoms with Gasteiger partial charge in [0, 0.05) is 29.7 Å². The molecule has 1 atom stereocenters. The molecule has 0 saturated carbocycles. The summed E-state index contributed by atoms with van der Waals surface area (Å²) in [6, 6.07) is 8.90. The van der Waals surface area contributed by atoms with E-state index in [1.807, 2.05) is 25.1 Å². The minimum absolute atomic E-state index is 0.00422. The summed E-state index contributed by atoms with van der Waals surface area (Å²) in [6.07, 6.45) is 4.32. The van der Waals surface area contributed by atoms with Crippen molar-refractivity contribution in [2.24, 2.45) is 0 Å². The van der Waals surface area contributed by atoms with E-state index in [1.165, 1.54) is 0 Å². The Morgan fingerprint density at radius 2 is 2.00 bits per heavy atom. The van der Waals surface area contributed by atoms with E-state index in [-0.39, 0.29) is 11.9 Å². The van der Waals surface area contributed by atoms with Crippen molar-refractivity contribution in [2.75, 3.05) is 17.1 Å². The van der Waals surface area contributed by atoms with Crippen molar-refractivity contribution in [3.63, 3.8) is 0 Å². The fourth-order valence-electron chi connectivity index (χ4n) is 2.68. The van der Waals surface area contributed by atoms with Gasteiger partial charge in [-0.25, -0.2) is 18.4 Å². The van der Waals surface area contributed by atoms with Gasteiger partial charge in [-0.3, -0.25) is 4.72 Å². The number of aryl methyl sites for hydroxylation is 1. The van der Waals surface area contributed by atoms with Crippen molar-refractivity contribution in [1.82, 2.24) is 9.97 Å². The first-order chi connectivity index (χ1) is 11.5. The average Bonchev–Trinajstić information content (AvgIpc) is 2.55. The van der Waals surface area contributed by atoms with Gasteiger partial charge in [0.25, 0.3) is 0 Å². The maximum absolute atomic E-state index is 12.3. The zero-order valence-corrected chi connectivity index (χ0v) is 14.4. The number of ether oxygens (including phenoxy) is 1. The predicted octanol–water partition coefficient (Wildman–Crippen LogP) is 2.76. The summed E-state index contributed by atoms with van der Waals surface area (Å²) in [5.41, 5.74) is 2.26. The van der Waals surface area contributed by atoms with Crippen molar-refractivity contribution < 1.29 is 13.2 Å². The van der Waals surface area contributed by atoms with Crippen LogP contribution in [0, 0.1) is 6.92 Å². The molecule has 128 valence electrons. The zero-order chi connectivity index (χ0) is 17.0. The van der Waals surface area contributed by atoms with Crippen LogP contribution in [-0.4, -0.2) is 36.8 Å². The summed E-state index contributed by atoms with van der Waals surface area (Å²) < 4.78 is 32.6. The molecule has 1 unspecified atom stereocenters. The second-order valence-electron chi connectivity index (χ2n) is 5.97. The molecule has 3 rings (SSSR count). The van der Waals surface area contributed by atoms with Crippen molar-refractivity contribution in [3.05, 3.63) is 42.2 Å². The highest BCUT2D eigenvalue weighted by Crippen LogP contribution is 2.20. The summed E-state index contributed by atoms with van der Waals surface area (Å²) >= 11 is 0. The van der Waals surface area contributed by atoms with Crippen molar-refractivity contribution in [2.45, 2.75) is 32.3 Å². The summed E-state index contributed by atoms with van der Waals surface area (Å²) in [5, 5.41) is 0. The summed E-state index contributed by atoms with van der Waals surface area (Å²) in [6.45, 7) is 2.55. The molecule has 1 aliphatic rings. The van der Waals surface area contributed by atoms with E-state index in [4.69, 9.17) is 4.74 Å².